The van der Waals surface area contributed by atoms with Crippen LogP contribution in [0.15, 0.2) is 0 Å². The molecule has 0 radical (unpaired) electrons. The van der Waals surface area contributed by atoms with Crippen LogP contribution in [-0.2, 0) is 4.79 Å². The lowest BCUT2D eigenvalue weighted by molar-refractivity contribution is -0.139. The van der Waals surface area contributed by atoms with Crippen molar-refractivity contribution in [2.24, 2.45) is 5.92 Å². The van der Waals surface area contributed by atoms with Crippen molar-refractivity contribution in [3.63, 3.8) is 0 Å². The Morgan fingerprint density at radius 1 is 1.30 bits per heavy atom. The molecular weight excluding hydrogens is 250 g/mol. The van der Waals surface area contributed by atoms with Gasteiger partial charge in [-0.1, -0.05) is 27.7 Å². The Balaban J connectivity index is 2.75. The molecule has 0 spiro atoms. The summed E-state index contributed by atoms with van der Waals surface area (Å²) in [6.07, 6.45) is 3.17. The van der Waals surface area contributed by atoms with Gasteiger partial charge in [0.25, 0.3) is 0 Å². The normalized spacial score (nSPS) is 22.1. The van der Waals surface area contributed by atoms with E-state index in [4.69, 9.17) is 0 Å². The second kappa shape index (κ2) is 7.99. The molecule has 20 heavy (non-hydrogen) atoms. The highest BCUT2D eigenvalue weighted by atomic mass is 16.2. The van der Waals surface area contributed by atoms with E-state index in [0.717, 1.165) is 32.4 Å². The number of carbonyl (C=O) groups is 1. The maximum Gasteiger partial charge on any atom is 0.240 e. The van der Waals surface area contributed by atoms with Crippen LogP contribution in [0.4, 0.5) is 0 Å². The zero-order valence-corrected chi connectivity index (χ0v) is 14.1. The number of piperidine rings is 1. The minimum Gasteiger partial charge on any atom is -0.337 e. The smallest absolute Gasteiger partial charge is 0.240 e. The third-order valence-corrected chi connectivity index (χ3v) is 3.77. The van der Waals surface area contributed by atoms with Gasteiger partial charge in [-0.15, -0.1) is 0 Å². The van der Waals surface area contributed by atoms with Gasteiger partial charge in [-0.05, 0) is 39.3 Å². The highest BCUT2D eigenvalue weighted by Crippen LogP contribution is 2.20. The van der Waals surface area contributed by atoms with Crippen molar-refractivity contribution in [1.29, 1.82) is 0 Å². The van der Waals surface area contributed by atoms with Crippen LogP contribution in [-0.4, -0.2) is 61.0 Å². The number of amides is 1. The zero-order chi connectivity index (χ0) is 15.3. The Hall–Kier alpha value is -0.610. The molecule has 1 saturated heterocycles. The minimum atomic E-state index is 0.0144. The highest BCUT2D eigenvalue weighted by molar-refractivity contribution is 5.83. The number of likely N-dealkylation sites (tertiary alicyclic amines) is 1. The molecule has 1 amide bonds. The first-order valence-corrected chi connectivity index (χ1v) is 8.02. The fourth-order valence-electron chi connectivity index (χ4n) is 3.09. The Kier molecular flexibility index (Phi) is 6.96. The summed E-state index contributed by atoms with van der Waals surface area (Å²) in [5.74, 6) is 0.920. The lowest BCUT2D eigenvalue weighted by Gasteiger charge is -2.40. The predicted molar refractivity (Wildman–Crippen MR) is 84.8 cm³/mol. The Morgan fingerprint density at radius 2 is 1.95 bits per heavy atom. The third kappa shape index (κ3) is 5.41. The van der Waals surface area contributed by atoms with Crippen molar-refractivity contribution in [2.45, 2.75) is 65.1 Å². The molecular formula is C16H33N3O. The van der Waals surface area contributed by atoms with Crippen molar-refractivity contribution in [3.8, 4) is 0 Å². The second-order valence-corrected chi connectivity index (χ2v) is 7.09. The van der Waals surface area contributed by atoms with Crippen LogP contribution in [0.1, 0.15) is 47.0 Å². The van der Waals surface area contributed by atoms with E-state index in [1.807, 2.05) is 0 Å². The molecule has 1 rings (SSSR count). The molecule has 1 aliphatic heterocycles. The summed E-state index contributed by atoms with van der Waals surface area (Å²) < 4.78 is 0. The van der Waals surface area contributed by atoms with Gasteiger partial charge in [-0.25, -0.2) is 0 Å². The number of hydrogen-bond acceptors (Lipinski definition) is 3. The van der Waals surface area contributed by atoms with Gasteiger partial charge < -0.3 is 15.1 Å². The van der Waals surface area contributed by atoms with Crippen molar-refractivity contribution < 1.29 is 4.79 Å². The zero-order valence-electron chi connectivity index (χ0n) is 14.1. The Morgan fingerprint density at radius 3 is 2.45 bits per heavy atom. The average Bonchev–Trinajstić information content (AvgIpc) is 2.29. The van der Waals surface area contributed by atoms with Crippen molar-refractivity contribution in [2.75, 3.05) is 27.2 Å². The minimum absolute atomic E-state index is 0.0144. The number of nitrogens with zero attached hydrogens (tertiary/aromatic N) is 2. The number of carbonyl (C=O) groups excluding carboxylic acids is 1. The van der Waals surface area contributed by atoms with Gasteiger partial charge >= 0.3 is 0 Å². The third-order valence-electron chi connectivity index (χ3n) is 3.77. The summed E-state index contributed by atoms with van der Waals surface area (Å²) in [7, 11) is 4.18. The molecule has 1 N–H and O–H groups in total. The summed E-state index contributed by atoms with van der Waals surface area (Å²) in [6, 6.07) is 0.719. The van der Waals surface area contributed by atoms with Crippen LogP contribution >= 0.6 is 0 Å². The lowest BCUT2D eigenvalue weighted by atomic mass is 9.97. The first-order chi connectivity index (χ1) is 9.31. The van der Waals surface area contributed by atoms with E-state index >= 15 is 0 Å². The van der Waals surface area contributed by atoms with Crippen LogP contribution in [0.2, 0.25) is 0 Å². The summed E-state index contributed by atoms with van der Waals surface area (Å²) in [5.41, 5.74) is 0. The second-order valence-electron chi connectivity index (χ2n) is 7.09. The average molecular weight is 283 g/mol. The van der Waals surface area contributed by atoms with Crippen molar-refractivity contribution in [1.82, 2.24) is 15.1 Å². The molecule has 2 atom stereocenters. The maximum atomic E-state index is 12.7. The van der Waals surface area contributed by atoms with E-state index in [9.17, 15) is 4.79 Å². The summed E-state index contributed by atoms with van der Waals surface area (Å²) in [6.45, 7) is 10.6. The van der Waals surface area contributed by atoms with Crippen molar-refractivity contribution >= 4 is 5.91 Å². The van der Waals surface area contributed by atoms with Crippen LogP contribution in [0.25, 0.3) is 0 Å². The van der Waals surface area contributed by atoms with Crippen LogP contribution < -0.4 is 5.32 Å². The van der Waals surface area contributed by atoms with Crippen LogP contribution in [0.5, 0.6) is 0 Å². The molecule has 1 heterocycles. The van der Waals surface area contributed by atoms with E-state index in [-0.39, 0.29) is 6.04 Å². The molecule has 4 nitrogen and oxygen atoms in total. The first-order valence-electron chi connectivity index (χ1n) is 8.02. The van der Waals surface area contributed by atoms with Gasteiger partial charge in [-0.2, -0.15) is 0 Å². The van der Waals surface area contributed by atoms with Gasteiger partial charge in [0, 0.05) is 25.2 Å². The molecule has 118 valence electrons. The van der Waals surface area contributed by atoms with E-state index in [1.54, 1.807) is 0 Å². The van der Waals surface area contributed by atoms with E-state index in [0.29, 0.717) is 23.9 Å². The molecule has 0 aliphatic carbocycles. The number of hydrogen-bond donors (Lipinski definition) is 1. The highest BCUT2D eigenvalue weighted by Gasteiger charge is 2.33. The van der Waals surface area contributed by atoms with Gasteiger partial charge in [0.1, 0.15) is 0 Å². The van der Waals surface area contributed by atoms with E-state index < -0.39 is 0 Å². The summed E-state index contributed by atoms with van der Waals surface area (Å²) in [5, 5.41) is 3.42. The summed E-state index contributed by atoms with van der Waals surface area (Å²) >= 11 is 0. The SMILES string of the molecule is CC(C)CC(CN(C)C)N1CCCC(NC(C)C)C1=O. The lowest BCUT2D eigenvalue weighted by Crippen LogP contribution is -2.57. The van der Waals surface area contributed by atoms with E-state index in [2.05, 4.69) is 56.9 Å². The van der Waals surface area contributed by atoms with Crippen LogP contribution in [0.3, 0.4) is 0 Å². The molecule has 2 unspecified atom stereocenters. The fraction of sp³-hybridized carbons (Fsp3) is 0.938. The number of likely N-dealkylation sites (N-methyl/N-ethyl adjacent to an activating group) is 1. The van der Waals surface area contributed by atoms with Crippen molar-refractivity contribution in [3.05, 3.63) is 0 Å². The van der Waals surface area contributed by atoms with E-state index in [1.165, 1.54) is 0 Å². The number of rotatable bonds is 7. The Labute approximate surface area is 124 Å². The fourth-order valence-corrected chi connectivity index (χ4v) is 3.09. The number of nitrogens with one attached hydrogen (secondary N) is 1. The molecule has 4 heteroatoms. The molecule has 0 aromatic heterocycles. The van der Waals surface area contributed by atoms with Gasteiger partial charge in [0.2, 0.25) is 5.91 Å². The van der Waals surface area contributed by atoms with Gasteiger partial charge in [0.05, 0.1) is 6.04 Å². The molecule has 0 aromatic carbocycles. The molecule has 0 bridgehead atoms. The monoisotopic (exact) mass is 283 g/mol. The largest absolute Gasteiger partial charge is 0.337 e. The standard InChI is InChI=1S/C16H33N3O/c1-12(2)10-14(11-18(5)6)19-9-7-8-15(16(19)20)17-13(3)4/h12-15,17H,7-11H2,1-6H3. The molecule has 1 fully saturated rings. The maximum absolute atomic E-state index is 12.7. The molecule has 0 saturated carbocycles. The van der Waals surface area contributed by atoms with Gasteiger partial charge in [0.15, 0.2) is 0 Å². The summed E-state index contributed by atoms with van der Waals surface area (Å²) in [4.78, 5) is 17.0. The quantitative estimate of drug-likeness (QED) is 0.776. The Bertz CT molecular complexity index is 292. The topological polar surface area (TPSA) is 35.6 Å². The van der Waals surface area contributed by atoms with Crippen LogP contribution in [0, 0.1) is 5.92 Å². The first kappa shape index (κ1) is 17.4. The predicted octanol–water partition coefficient (Wildman–Crippen LogP) is 1.95. The molecule has 0 aromatic rings. The molecule has 1 aliphatic rings. The van der Waals surface area contributed by atoms with Gasteiger partial charge in [-0.3, -0.25) is 4.79 Å².